The molecule has 0 amide bonds. The molecule has 1 aromatic carbocycles. The Hall–Kier alpha value is -2.30. The monoisotopic (exact) mass is 284 g/mol. The standard InChI is InChI=1S/C16H20N4O/c1-3-17-15-14(21-2)16(19-11-18-15)20-9-8-12-6-4-5-7-13(12)10-20/h4-7,11H,3,8-10H2,1-2H3,(H,17,18,19). The van der Waals surface area contributed by atoms with E-state index < -0.39 is 0 Å². The van der Waals surface area contributed by atoms with Crippen LogP contribution in [0.25, 0.3) is 0 Å². The molecule has 21 heavy (non-hydrogen) atoms. The number of rotatable bonds is 4. The molecule has 0 unspecified atom stereocenters. The van der Waals surface area contributed by atoms with Crippen molar-refractivity contribution in [3.63, 3.8) is 0 Å². The second-order valence-electron chi connectivity index (χ2n) is 5.05. The number of nitrogens with one attached hydrogen (secondary N) is 1. The third kappa shape index (κ3) is 2.63. The Morgan fingerprint density at radius 1 is 1.24 bits per heavy atom. The van der Waals surface area contributed by atoms with Crippen molar-refractivity contribution < 1.29 is 4.74 Å². The molecule has 1 N–H and O–H groups in total. The van der Waals surface area contributed by atoms with Crippen LogP contribution < -0.4 is 15.0 Å². The van der Waals surface area contributed by atoms with Gasteiger partial charge in [-0.05, 0) is 24.5 Å². The van der Waals surface area contributed by atoms with Crippen LogP contribution in [0, 0.1) is 0 Å². The van der Waals surface area contributed by atoms with Crippen LogP contribution in [0.5, 0.6) is 5.75 Å². The summed E-state index contributed by atoms with van der Waals surface area (Å²) in [6, 6.07) is 8.57. The van der Waals surface area contributed by atoms with Gasteiger partial charge in [-0.1, -0.05) is 24.3 Å². The molecule has 0 bridgehead atoms. The SMILES string of the molecule is CCNc1ncnc(N2CCc3ccccc3C2)c1OC. The summed E-state index contributed by atoms with van der Waals surface area (Å²) in [4.78, 5) is 11.0. The molecule has 110 valence electrons. The third-order valence-electron chi connectivity index (χ3n) is 3.76. The molecular formula is C16H20N4O. The predicted octanol–water partition coefficient (Wildman–Crippen LogP) is 2.48. The molecule has 0 aliphatic carbocycles. The highest BCUT2D eigenvalue weighted by Crippen LogP contribution is 2.34. The summed E-state index contributed by atoms with van der Waals surface area (Å²) in [5.74, 6) is 2.33. The topological polar surface area (TPSA) is 50.3 Å². The van der Waals surface area contributed by atoms with Crippen LogP contribution in [0.2, 0.25) is 0 Å². The third-order valence-corrected chi connectivity index (χ3v) is 3.76. The molecule has 2 heterocycles. The van der Waals surface area contributed by atoms with Gasteiger partial charge in [-0.25, -0.2) is 9.97 Å². The molecule has 1 aromatic heterocycles. The molecule has 0 spiro atoms. The van der Waals surface area contributed by atoms with E-state index >= 15 is 0 Å². The van der Waals surface area contributed by atoms with Gasteiger partial charge in [0.2, 0.25) is 5.75 Å². The van der Waals surface area contributed by atoms with Gasteiger partial charge < -0.3 is 15.0 Å². The number of ether oxygens (including phenoxy) is 1. The maximum atomic E-state index is 5.54. The number of nitrogens with zero attached hydrogens (tertiary/aromatic N) is 3. The Bertz CT molecular complexity index is 629. The highest BCUT2D eigenvalue weighted by molar-refractivity contribution is 5.65. The second kappa shape index (κ2) is 5.99. The molecule has 0 saturated heterocycles. The van der Waals surface area contributed by atoms with E-state index in [0.717, 1.165) is 43.4 Å². The van der Waals surface area contributed by atoms with Gasteiger partial charge in [-0.15, -0.1) is 0 Å². The van der Waals surface area contributed by atoms with Crippen molar-refractivity contribution in [2.75, 3.05) is 30.4 Å². The largest absolute Gasteiger partial charge is 0.490 e. The van der Waals surface area contributed by atoms with Crippen LogP contribution in [0.15, 0.2) is 30.6 Å². The number of hydrogen-bond acceptors (Lipinski definition) is 5. The van der Waals surface area contributed by atoms with Crippen molar-refractivity contribution >= 4 is 11.6 Å². The first-order valence-corrected chi connectivity index (χ1v) is 7.28. The highest BCUT2D eigenvalue weighted by atomic mass is 16.5. The zero-order valence-electron chi connectivity index (χ0n) is 12.5. The Morgan fingerprint density at radius 3 is 2.81 bits per heavy atom. The van der Waals surface area contributed by atoms with Gasteiger partial charge >= 0.3 is 0 Å². The minimum absolute atomic E-state index is 0.721. The van der Waals surface area contributed by atoms with E-state index in [1.165, 1.54) is 11.1 Å². The van der Waals surface area contributed by atoms with Crippen molar-refractivity contribution in [3.05, 3.63) is 41.7 Å². The van der Waals surface area contributed by atoms with Gasteiger partial charge in [0.15, 0.2) is 11.6 Å². The molecule has 1 aliphatic rings. The molecule has 0 fully saturated rings. The molecular weight excluding hydrogens is 264 g/mol. The van der Waals surface area contributed by atoms with E-state index in [4.69, 9.17) is 4.74 Å². The Kier molecular flexibility index (Phi) is 3.90. The van der Waals surface area contributed by atoms with Crippen molar-refractivity contribution in [1.82, 2.24) is 9.97 Å². The molecule has 1 aliphatic heterocycles. The summed E-state index contributed by atoms with van der Waals surface area (Å²) in [6.07, 6.45) is 2.62. The molecule has 3 rings (SSSR count). The van der Waals surface area contributed by atoms with E-state index in [0.29, 0.717) is 0 Å². The Balaban J connectivity index is 1.93. The summed E-state index contributed by atoms with van der Waals surface area (Å²) in [5.41, 5.74) is 2.78. The van der Waals surface area contributed by atoms with E-state index in [9.17, 15) is 0 Å². The molecule has 0 saturated carbocycles. The quantitative estimate of drug-likeness (QED) is 0.934. The summed E-state index contributed by atoms with van der Waals surface area (Å²) < 4.78 is 5.54. The minimum atomic E-state index is 0.721. The van der Waals surface area contributed by atoms with Crippen LogP contribution in [0.4, 0.5) is 11.6 Å². The summed E-state index contributed by atoms with van der Waals surface area (Å²) in [7, 11) is 1.67. The van der Waals surface area contributed by atoms with Crippen molar-refractivity contribution in [2.45, 2.75) is 19.9 Å². The number of aromatic nitrogens is 2. The minimum Gasteiger partial charge on any atom is -0.490 e. The molecule has 2 aromatic rings. The molecule has 0 atom stereocenters. The smallest absolute Gasteiger partial charge is 0.204 e. The fraction of sp³-hybridized carbons (Fsp3) is 0.375. The predicted molar refractivity (Wildman–Crippen MR) is 83.9 cm³/mol. The maximum absolute atomic E-state index is 5.54. The van der Waals surface area contributed by atoms with Crippen LogP contribution in [-0.2, 0) is 13.0 Å². The van der Waals surface area contributed by atoms with E-state index in [1.807, 2.05) is 6.92 Å². The van der Waals surface area contributed by atoms with Gasteiger partial charge in [-0.2, -0.15) is 0 Å². The second-order valence-corrected chi connectivity index (χ2v) is 5.05. The average Bonchev–Trinajstić information content (AvgIpc) is 2.54. The van der Waals surface area contributed by atoms with Gasteiger partial charge in [0.25, 0.3) is 0 Å². The van der Waals surface area contributed by atoms with Gasteiger partial charge in [0, 0.05) is 19.6 Å². The number of hydrogen-bond donors (Lipinski definition) is 1. The molecule has 5 heteroatoms. The van der Waals surface area contributed by atoms with Crippen LogP contribution in [-0.4, -0.2) is 30.2 Å². The maximum Gasteiger partial charge on any atom is 0.204 e. The summed E-state index contributed by atoms with van der Waals surface area (Å²) in [5, 5.41) is 3.22. The first-order valence-electron chi connectivity index (χ1n) is 7.28. The lowest BCUT2D eigenvalue weighted by Gasteiger charge is -2.30. The summed E-state index contributed by atoms with van der Waals surface area (Å²) in [6.45, 7) is 4.64. The first kappa shape index (κ1) is 13.7. The average molecular weight is 284 g/mol. The van der Waals surface area contributed by atoms with E-state index in [2.05, 4.69) is 44.5 Å². The number of anilines is 2. The lowest BCUT2D eigenvalue weighted by molar-refractivity contribution is 0.411. The van der Waals surface area contributed by atoms with Gasteiger partial charge in [-0.3, -0.25) is 0 Å². The lowest BCUT2D eigenvalue weighted by atomic mass is 10.00. The normalized spacial score (nSPS) is 13.7. The van der Waals surface area contributed by atoms with E-state index in [-0.39, 0.29) is 0 Å². The molecule has 5 nitrogen and oxygen atoms in total. The van der Waals surface area contributed by atoms with Crippen molar-refractivity contribution in [3.8, 4) is 5.75 Å². The van der Waals surface area contributed by atoms with Gasteiger partial charge in [0.1, 0.15) is 6.33 Å². The zero-order chi connectivity index (χ0) is 14.7. The highest BCUT2D eigenvalue weighted by Gasteiger charge is 2.22. The number of methoxy groups -OCH3 is 1. The summed E-state index contributed by atoms with van der Waals surface area (Å²) >= 11 is 0. The number of fused-ring (bicyclic) bond motifs is 1. The van der Waals surface area contributed by atoms with Crippen molar-refractivity contribution in [2.24, 2.45) is 0 Å². The fourth-order valence-electron chi connectivity index (χ4n) is 2.75. The lowest BCUT2D eigenvalue weighted by Crippen LogP contribution is -2.31. The first-order chi connectivity index (χ1) is 10.3. The zero-order valence-corrected chi connectivity index (χ0v) is 12.5. The van der Waals surface area contributed by atoms with Gasteiger partial charge in [0.05, 0.1) is 7.11 Å². The van der Waals surface area contributed by atoms with Crippen molar-refractivity contribution in [1.29, 1.82) is 0 Å². The Labute approximate surface area is 125 Å². The number of benzene rings is 1. The van der Waals surface area contributed by atoms with Crippen LogP contribution >= 0.6 is 0 Å². The Morgan fingerprint density at radius 2 is 2.05 bits per heavy atom. The van der Waals surface area contributed by atoms with Crippen LogP contribution in [0.1, 0.15) is 18.1 Å². The fourth-order valence-corrected chi connectivity index (χ4v) is 2.75. The van der Waals surface area contributed by atoms with Crippen LogP contribution in [0.3, 0.4) is 0 Å². The molecule has 0 radical (unpaired) electrons. The van der Waals surface area contributed by atoms with E-state index in [1.54, 1.807) is 13.4 Å².